The number of carbonyl (C=O) groups is 2. The van der Waals surface area contributed by atoms with Crippen molar-refractivity contribution in [2.45, 2.75) is 57.4 Å². The Hall–Kier alpha value is -2.63. The van der Waals surface area contributed by atoms with Gasteiger partial charge in [-0.25, -0.2) is 4.79 Å². The first-order valence-electron chi connectivity index (χ1n) is 8.93. The summed E-state index contributed by atoms with van der Waals surface area (Å²) in [5, 5.41) is 16.4. The average Bonchev–Trinajstić information content (AvgIpc) is 3.25. The van der Waals surface area contributed by atoms with Gasteiger partial charge >= 0.3 is 5.97 Å². The molecule has 0 saturated heterocycles. The molecule has 2 aromatic rings. The molecule has 1 fully saturated rings. The lowest BCUT2D eigenvalue weighted by Gasteiger charge is -2.28. The van der Waals surface area contributed by atoms with Gasteiger partial charge in [0.05, 0.1) is 17.3 Å². The highest BCUT2D eigenvalue weighted by Gasteiger charge is 2.43. The number of aliphatic carboxylic acids is 1. The van der Waals surface area contributed by atoms with Gasteiger partial charge in [-0.05, 0) is 39.2 Å². The monoisotopic (exact) mass is 355 g/mol. The number of benzene rings is 1. The maximum Gasteiger partial charge on any atom is 0.331 e. The quantitative estimate of drug-likeness (QED) is 0.860. The minimum atomic E-state index is -1.18. The molecule has 2 N–H and O–H groups in total. The Morgan fingerprint density at radius 2 is 1.96 bits per heavy atom. The van der Waals surface area contributed by atoms with Gasteiger partial charge in [0, 0.05) is 6.20 Å². The summed E-state index contributed by atoms with van der Waals surface area (Å²) in [5.41, 5.74) is 0.993. The Morgan fingerprint density at radius 3 is 2.58 bits per heavy atom. The topological polar surface area (TPSA) is 84.2 Å². The van der Waals surface area contributed by atoms with Crippen LogP contribution >= 0.6 is 0 Å². The van der Waals surface area contributed by atoms with Crippen molar-refractivity contribution in [2.75, 3.05) is 5.32 Å². The zero-order chi connectivity index (χ0) is 18.9. The van der Waals surface area contributed by atoms with E-state index < -0.39 is 16.9 Å². The standard InChI is InChI=1S/C20H25N3O3/c1-14-7-6-8-15(11-14)20(9-4-5-10-20)17(24)22-16-12-21-23(13-16)19(2,3)18(25)26/h6-8,11-13H,4-5,9-10H2,1-3H3,(H,22,24)(H,25,26). The summed E-state index contributed by atoms with van der Waals surface area (Å²) in [6.45, 7) is 5.17. The van der Waals surface area contributed by atoms with E-state index in [0.717, 1.165) is 36.8 Å². The van der Waals surface area contributed by atoms with E-state index in [1.54, 1.807) is 20.0 Å². The molecule has 0 aliphatic heterocycles. The van der Waals surface area contributed by atoms with E-state index in [0.29, 0.717) is 5.69 Å². The lowest BCUT2D eigenvalue weighted by molar-refractivity contribution is -0.146. The van der Waals surface area contributed by atoms with Gasteiger partial charge in [-0.2, -0.15) is 5.10 Å². The molecule has 1 heterocycles. The molecule has 0 bridgehead atoms. The largest absolute Gasteiger partial charge is 0.479 e. The molecule has 0 unspecified atom stereocenters. The molecule has 138 valence electrons. The number of aromatic nitrogens is 2. The number of carbonyl (C=O) groups excluding carboxylic acids is 1. The van der Waals surface area contributed by atoms with Crippen molar-refractivity contribution in [3.63, 3.8) is 0 Å². The third kappa shape index (κ3) is 3.11. The fourth-order valence-electron chi connectivity index (χ4n) is 3.61. The van der Waals surface area contributed by atoms with Crippen molar-refractivity contribution >= 4 is 17.6 Å². The molecule has 0 spiro atoms. The predicted molar refractivity (Wildman–Crippen MR) is 99.1 cm³/mol. The number of anilines is 1. The smallest absolute Gasteiger partial charge is 0.331 e. The minimum Gasteiger partial charge on any atom is -0.479 e. The molecule has 6 nitrogen and oxygen atoms in total. The second kappa shape index (κ2) is 6.59. The first kappa shape index (κ1) is 18.2. The molecule has 1 amide bonds. The third-order valence-corrected chi connectivity index (χ3v) is 5.40. The zero-order valence-corrected chi connectivity index (χ0v) is 15.5. The second-order valence-electron chi connectivity index (χ2n) is 7.65. The molecule has 6 heteroatoms. The van der Waals surface area contributed by atoms with Crippen molar-refractivity contribution in [1.82, 2.24) is 9.78 Å². The van der Waals surface area contributed by atoms with Crippen LogP contribution in [0.15, 0.2) is 36.7 Å². The number of carboxylic acids is 1. The summed E-state index contributed by atoms with van der Waals surface area (Å²) in [6.07, 6.45) is 6.75. The Labute approximate surface area is 153 Å². The highest BCUT2D eigenvalue weighted by Crippen LogP contribution is 2.42. The Balaban J connectivity index is 1.86. The maximum atomic E-state index is 13.2. The molecular formula is C20H25N3O3. The van der Waals surface area contributed by atoms with Crippen LogP contribution in [0.2, 0.25) is 0 Å². The van der Waals surface area contributed by atoms with E-state index in [9.17, 15) is 14.7 Å². The van der Waals surface area contributed by atoms with E-state index in [1.165, 1.54) is 10.9 Å². The Kier molecular flexibility index (Phi) is 4.61. The summed E-state index contributed by atoms with van der Waals surface area (Å²) in [4.78, 5) is 24.6. The first-order chi connectivity index (χ1) is 12.3. The fourth-order valence-corrected chi connectivity index (χ4v) is 3.61. The molecule has 1 aromatic heterocycles. The minimum absolute atomic E-state index is 0.0479. The van der Waals surface area contributed by atoms with Gasteiger partial charge in [0.1, 0.15) is 0 Å². The van der Waals surface area contributed by atoms with E-state index in [4.69, 9.17) is 0 Å². The number of nitrogens with one attached hydrogen (secondary N) is 1. The average molecular weight is 355 g/mol. The molecular weight excluding hydrogens is 330 g/mol. The van der Waals surface area contributed by atoms with E-state index in [1.807, 2.05) is 25.1 Å². The number of aryl methyl sites for hydroxylation is 1. The summed E-state index contributed by atoms with van der Waals surface area (Å²) in [5.74, 6) is -1.03. The van der Waals surface area contributed by atoms with Crippen LogP contribution in [-0.2, 0) is 20.5 Å². The van der Waals surface area contributed by atoms with Crippen molar-refractivity contribution < 1.29 is 14.7 Å². The number of hydrogen-bond acceptors (Lipinski definition) is 3. The SMILES string of the molecule is Cc1cccc(C2(C(=O)Nc3cnn(C(C)(C)C(=O)O)c3)CCCC2)c1. The van der Waals surface area contributed by atoms with Gasteiger partial charge < -0.3 is 10.4 Å². The Morgan fingerprint density at radius 1 is 1.27 bits per heavy atom. The maximum absolute atomic E-state index is 13.2. The molecule has 0 radical (unpaired) electrons. The van der Waals surface area contributed by atoms with Crippen molar-refractivity contribution in [1.29, 1.82) is 0 Å². The number of nitrogens with zero attached hydrogens (tertiary/aromatic N) is 2. The van der Waals surface area contributed by atoms with Crippen LogP contribution in [0.5, 0.6) is 0 Å². The summed E-state index contributed by atoms with van der Waals surface area (Å²) in [6, 6.07) is 8.13. The third-order valence-electron chi connectivity index (χ3n) is 5.40. The molecule has 3 rings (SSSR count). The normalized spacial score (nSPS) is 16.4. The predicted octanol–water partition coefficient (Wildman–Crippen LogP) is 3.46. The molecule has 1 saturated carbocycles. The van der Waals surface area contributed by atoms with Gasteiger partial charge in [0.15, 0.2) is 5.54 Å². The van der Waals surface area contributed by atoms with Gasteiger partial charge in [-0.1, -0.05) is 42.7 Å². The lowest BCUT2D eigenvalue weighted by atomic mass is 9.77. The van der Waals surface area contributed by atoms with Crippen molar-refractivity contribution in [3.05, 3.63) is 47.8 Å². The van der Waals surface area contributed by atoms with E-state index in [-0.39, 0.29) is 5.91 Å². The molecule has 0 atom stereocenters. The van der Waals surface area contributed by atoms with Gasteiger partial charge in [-0.15, -0.1) is 0 Å². The van der Waals surface area contributed by atoms with Crippen LogP contribution in [0.4, 0.5) is 5.69 Å². The van der Waals surface area contributed by atoms with E-state index >= 15 is 0 Å². The van der Waals surface area contributed by atoms with Crippen molar-refractivity contribution in [2.24, 2.45) is 0 Å². The zero-order valence-electron chi connectivity index (χ0n) is 15.5. The van der Waals surface area contributed by atoms with Crippen LogP contribution in [0, 0.1) is 6.92 Å². The first-order valence-corrected chi connectivity index (χ1v) is 8.93. The van der Waals surface area contributed by atoms with Gasteiger partial charge in [-0.3, -0.25) is 9.48 Å². The highest BCUT2D eigenvalue weighted by molar-refractivity contribution is 5.99. The van der Waals surface area contributed by atoms with Crippen LogP contribution in [0.25, 0.3) is 0 Å². The number of carboxylic acid groups (broad SMARTS) is 1. The summed E-state index contributed by atoms with van der Waals surface area (Å²) in [7, 11) is 0. The number of rotatable bonds is 5. The lowest BCUT2D eigenvalue weighted by Crippen LogP contribution is -2.38. The number of hydrogen-bond donors (Lipinski definition) is 2. The van der Waals surface area contributed by atoms with Gasteiger partial charge in [0.25, 0.3) is 0 Å². The van der Waals surface area contributed by atoms with Crippen LogP contribution in [-0.4, -0.2) is 26.8 Å². The van der Waals surface area contributed by atoms with Crippen LogP contribution < -0.4 is 5.32 Å². The highest BCUT2D eigenvalue weighted by atomic mass is 16.4. The Bertz CT molecular complexity index is 832. The number of amides is 1. The van der Waals surface area contributed by atoms with Crippen LogP contribution in [0.3, 0.4) is 0 Å². The summed E-state index contributed by atoms with van der Waals surface area (Å²) < 4.78 is 1.36. The fraction of sp³-hybridized carbons (Fsp3) is 0.450. The molecule has 1 aliphatic carbocycles. The summed E-state index contributed by atoms with van der Waals surface area (Å²) >= 11 is 0. The van der Waals surface area contributed by atoms with Gasteiger partial charge in [0.2, 0.25) is 5.91 Å². The van der Waals surface area contributed by atoms with Crippen molar-refractivity contribution in [3.8, 4) is 0 Å². The molecule has 1 aliphatic rings. The second-order valence-corrected chi connectivity index (χ2v) is 7.65. The van der Waals surface area contributed by atoms with E-state index in [2.05, 4.69) is 16.5 Å². The molecule has 1 aromatic carbocycles. The molecule has 26 heavy (non-hydrogen) atoms. The van der Waals surface area contributed by atoms with Crippen LogP contribution in [0.1, 0.15) is 50.7 Å².